The monoisotopic (exact) mass is 331 g/mol. The van der Waals surface area contributed by atoms with Gasteiger partial charge in [0.15, 0.2) is 0 Å². The second-order valence-electron chi connectivity index (χ2n) is 5.48. The molecule has 120 valence electrons. The Morgan fingerprint density at radius 1 is 1.35 bits per heavy atom. The van der Waals surface area contributed by atoms with E-state index in [2.05, 4.69) is 20.5 Å². The van der Waals surface area contributed by atoms with E-state index < -0.39 is 0 Å². The molecule has 0 amide bonds. The number of aryl methyl sites for hydroxylation is 2. The van der Waals surface area contributed by atoms with Crippen LogP contribution in [-0.2, 0) is 13.1 Å². The summed E-state index contributed by atoms with van der Waals surface area (Å²) < 4.78 is 1.73. The SMILES string of the molecule is Cc1ncc(C)n(CCNCc2[nH]nc3ccc(Cl)cc23)c1=O. The molecule has 6 nitrogen and oxygen atoms in total. The van der Waals surface area contributed by atoms with Crippen LogP contribution in [0.15, 0.2) is 29.2 Å². The molecule has 0 unspecified atom stereocenters. The van der Waals surface area contributed by atoms with Crippen molar-refractivity contribution in [1.29, 1.82) is 0 Å². The zero-order valence-corrected chi connectivity index (χ0v) is 13.8. The third-order valence-electron chi connectivity index (χ3n) is 3.83. The number of fused-ring (bicyclic) bond motifs is 1. The van der Waals surface area contributed by atoms with Gasteiger partial charge in [-0.3, -0.25) is 14.9 Å². The Bertz CT molecular complexity index is 899. The van der Waals surface area contributed by atoms with Crippen LogP contribution in [0.25, 0.3) is 10.9 Å². The van der Waals surface area contributed by atoms with Gasteiger partial charge in [0.1, 0.15) is 5.69 Å². The Morgan fingerprint density at radius 2 is 2.17 bits per heavy atom. The first kappa shape index (κ1) is 15.7. The zero-order valence-electron chi connectivity index (χ0n) is 13.1. The Balaban J connectivity index is 1.65. The summed E-state index contributed by atoms with van der Waals surface area (Å²) >= 11 is 6.03. The molecule has 0 fully saturated rings. The molecule has 7 heteroatoms. The summed E-state index contributed by atoms with van der Waals surface area (Å²) in [7, 11) is 0. The Kier molecular flexibility index (Phi) is 4.45. The van der Waals surface area contributed by atoms with Gasteiger partial charge in [-0.1, -0.05) is 11.6 Å². The molecule has 0 aliphatic carbocycles. The summed E-state index contributed by atoms with van der Waals surface area (Å²) in [6.45, 7) is 5.52. The molecule has 3 aromatic rings. The van der Waals surface area contributed by atoms with Gasteiger partial charge in [0.05, 0.1) is 11.2 Å². The number of hydrogen-bond donors (Lipinski definition) is 2. The lowest BCUT2D eigenvalue weighted by atomic mass is 10.2. The lowest BCUT2D eigenvalue weighted by Crippen LogP contribution is -2.30. The average Bonchev–Trinajstić information content (AvgIpc) is 2.93. The van der Waals surface area contributed by atoms with Gasteiger partial charge >= 0.3 is 0 Å². The van der Waals surface area contributed by atoms with Crippen molar-refractivity contribution in [3.63, 3.8) is 0 Å². The minimum atomic E-state index is -0.0365. The van der Waals surface area contributed by atoms with Crippen molar-refractivity contribution in [3.05, 3.63) is 56.9 Å². The molecule has 0 bridgehead atoms. The molecular weight excluding hydrogens is 314 g/mol. The van der Waals surface area contributed by atoms with Crippen LogP contribution in [0.1, 0.15) is 17.1 Å². The molecule has 0 saturated carbocycles. The van der Waals surface area contributed by atoms with Gasteiger partial charge in [0, 0.05) is 41.9 Å². The predicted molar refractivity (Wildman–Crippen MR) is 90.8 cm³/mol. The molecule has 2 N–H and O–H groups in total. The summed E-state index contributed by atoms with van der Waals surface area (Å²) in [6.07, 6.45) is 1.72. The van der Waals surface area contributed by atoms with Crippen LogP contribution in [0.4, 0.5) is 0 Å². The average molecular weight is 332 g/mol. The van der Waals surface area contributed by atoms with E-state index in [9.17, 15) is 4.79 Å². The smallest absolute Gasteiger partial charge is 0.272 e. The van der Waals surface area contributed by atoms with Crippen LogP contribution in [0.3, 0.4) is 0 Å². The quantitative estimate of drug-likeness (QED) is 0.703. The fourth-order valence-corrected chi connectivity index (χ4v) is 2.70. The number of rotatable bonds is 5. The van der Waals surface area contributed by atoms with Gasteiger partial charge in [-0.15, -0.1) is 0 Å². The predicted octanol–water partition coefficient (Wildman–Crippen LogP) is 2.18. The molecule has 3 rings (SSSR count). The van der Waals surface area contributed by atoms with Crippen LogP contribution in [0.2, 0.25) is 5.02 Å². The molecule has 2 aromatic heterocycles. The maximum absolute atomic E-state index is 12.1. The summed E-state index contributed by atoms with van der Waals surface area (Å²) in [5.41, 5.74) is 3.22. The minimum absolute atomic E-state index is 0.0365. The number of hydrogen-bond acceptors (Lipinski definition) is 4. The molecular formula is C16H18ClN5O. The molecule has 0 saturated heterocycles. The van der Waals surface area contributed by atoms with E-state index >= 15 is 0 Å². The first-order chi connectivity index (χ1) is 11.1. The first-order valence-corrected chi connectivity index (χ1v) is 7.80. The number of aromatic amines is 1. The highest BCUT2D eigenvalue weighted by molar-refractivity contribution is 6.31. The van der Waals surface area contributed by atoms with Crippen molar-refractivity contribution < 1.29 is 0 Å². The first-order valence-electron chi connectivity index (χ1n) is 7.42. The van der Waals surface area contributed by atoms with E-state index in [4.69, 9.17) is 11.6 Å². The summed E-state index contributed by atoms with van der Waals surface area (Å²) in [5, 5.41) is 12.3. The van der Waals surface area contributed by atoms with Crippen LogP contribution in [0, 0.1) is 13.8 Å². The standard InChI is InChI=1S/C16H18ClN5O/c1-10-8-19-11(2)16(23)22(10)6-5-18-9-15-13-7-12(17)3-4-14(13)20-21-15/h3-4,7-8,18H,5-6,9H2,1-2H3,(H,20,21). The normalized spacial score (nSPS) is 11.3. The molecule has 0 aliphatic heterocycles. The van der Waals surface area contributed by atoms with E-state index in [-0.39, 0.29) is 5.56 Å². The number of aromatic nitrogens is 4. The second-order valence-corrected chi connectivity index (χ2v) is 5.92. The number of nitrogens with zero attached hydrogens (tertiary/aromatic N) is 3. The number of H-pyrrole nitrogens is 1. The van der Waals surface area contributed by atoms with E-state index in [1.807, 2.05) is 25.1 Å². The highest BCUT2D eigenvalue weighted by atomic mass is 35.5. The van der Waals surface area contributed by atoms with E-state index in [1.54, 1.807) is 17.7 Å². The fourth-order valence-electron chi connectivity index (χ4n) is 2.52. The van der Waals surface area contributed by atoms with Crippen molar-refractivity contribution in [2.75, 3.05) is 6.54 Å². The molecule has 23 heavy (non-hydrogen) atoms. The molecule has 2 heterocycles. The van der Waals surface area contributed by atoms with Gasteiger partial charge in [0.2, 0.25) is 0 Å². The van der Waals surface area contributed by atoms with Gasteiger partial charge < -0.3 is 9.88 Å². The van der Waals surface area contributed by atoms with Crippen LogP contribution >= 0.6 is 11.6 Å². The molecule has 1 aromatic carbocycles. The van der Waals surface area contributed by atoms with Crippen LogP contribution in [0.5, 0.6) is 0 Å². The van der Waals surface area contributed by atoms with Crippen molar-refractivity contribution in [1.82, 2.24) is 25.1 Å². The highest BCUT2D eigenvalue weighted by Gasteiger charge is 2.07. The third kappa shape index (κ3) is 3.28. The van der Waals surface area contributed by atoms with E-state index in [1.165, 1.54) is 0 Å². The van der Waals surface area contributed by atoms with Gasteiger partial charge in [0.25, 0.3) is 5.56 Å². The fraction of sp³-hybridized carbons (Fsp3) is 0.312. The van der Waals surface area contributed by atoms with E-state index in [0.717, 1.165) is 22.3 Å². The number of nitrogens with one attached hydrogen (secondary N) is 2. The summed E-state index contributed by atoms with van der Waals surface area (Å²) in [6, 6.07) is 5.61. The molecule has 0 spiro atoms. The van der Waals surface area contributed by atoms with Crippen molar-refractivity contribution in [3.8, 4) is 0 Å². The lowest BCUT2D eigenvalue weighted by Gasteiger charge is -2.10. The third-order valence-corrected chi connectivity index (χ3v) is 4.07. The maximum atomic E-state index is 12.1. The Labute approximate surface area is 138 Å². The molecule has 0 atom stereocenters. The largest absolute Gasteiger partial charge is 0.309 e. The maximum Gasteiger partial charge on any atom is 0.272 e. The van der Waals surface area contributed by atoms with Crippen molar-refractivity contribution in [2.45, 2.75) is 26.9 Å². The van der Waals surface area contributed by atoms with Crippen molar-refractivity contribution in [2.24, 2.45) is 0 Å². The Hall–Kier alpha value is -2.18. The highest BCUT2D eigenvalue weighted by Crippen LogP contribution is 2.20. The van der Waals surface area contributed by atoms with Crippen LogP contribution in [-0.4, -0.2) is 26.3 Å². The Morgan fingerprint density at radius 3 is 3.00 bits per heavy atom. The summed E-state index contributed by atoms with van der Waals surface area (Å²) in [5.74, 6) is 0. The summed E-state index contributed by atoms with van der Waals surface area (Å²) in [4.78, 5) is 16.1. The number of halogens is 1. The molecule has 0 radical (unpaired) electrons. The molecule has 0 aliphatic rings. The number of benzene rings is 1. The van der Waals surface area contributed by atoms with E-state index in [0.29, 0.717) is 30.4 Å². The topological polar surface area (TPSA) is 75.6 Å². The van der Waals surface area contributed by atoms with Crippen LogP contribution < -0.4 is 10.9 Å². The van der Waals surface area contributed by atoms with Gasteiger partial charge in [-0.05, 0) is 32.0 Å². The zero-order chi connectivity index (χ0) is 16.4. The van der Waals surface area contributed by atoms with Gasteiger partial charge in [-0.25, -0.2) is 0 Å². The van der Waals surface area contributed by atoms with Gasteiger partial charge in [-0.2, -0.15) is 5.10 Å². The lowest BCUT2D eigenvalue weighted by molar-refractivity contribution is 0.566. The second kappa shape index (κ2) is 6.52. The van der Waals surface area contributed by atoms with Crippen molar-refractivity contribution >= 4 is 22.5 Å². The minimum Gasteiger partial charge on any atom is -0.309 e.